The zero-order valence-corrected chi connectivity index (χ0v) is 17.7. The smallest absolute Gasteiger partial charge is 0.276 e. The van der Waals surface area contributed by atoms with Gasteiger partial charge in [0.25, 0.3) is 11.5 Å². The van der Waals surface area contributed by atoms with E-state index in [0.717, 1.165) is 0 Å². The van der Waals surface area contributed by atoms with Crippen LogP contribution in [0.4, 0.5) is 0 Å². The molecule has 0 bridgehead atoms. The van der Waals surface area contributed by atoms with Gasteiger partial charge in [0, 0.05) is 12.2 Å². The minimum Gasteiger partial charge on any atom is -0.490 e. The zero-order chi connectivity index (χ0) is 20.8. The molecule has 8 heteroatoms. The van der Waals surface area contributed by atoms with Crippen LogP contribution in [-0.2, 0) is 0 Å². The Kier molecular flexibility index (Phi) is 7.66. The zero-order valence-electron chi connectivity index (χ0n) is 16.2. The number of aromatic nitrogens is 1. The summed E-state index contributed by atoms with van der Waals surface area (Å²) in [5, 5.41) is 4.59. The molecule has 2 rings (SSSR count). The van der Waals surface area contributed by atoms with Crippen LogP contribution in [0.25, 0.3) is 0 Å². The van der Waals surface area contributed by atoms with Gasteiger partial charge in [-0.1, -0.05) is 37.0 Å². The van der Waals surface area contributed by atoms with Crippen LogP contribution < -0.4 is 15.7 Å². The molecule has 28 heavy (non-hydrogen) atoms. The second-order valence-corrected chi connectivity index (χ2v) is 7.76. The molecule has 0 fully saturated rings. The van der Waals surface area contributed by atoms with E-state index in [9.17, 15) is 9.59 Å². The van der Waals surface area contributed by atoms with Crippen LogP contribution in [0.5, 0.6) is 5.75 Å². The maximum atomic E-state index is 12.3. The SMILES string of the molecule is CC(C)COc1c(Cl)cc(/C=N\NC(=O)c2cccn(C(C)C)c2=O)cc1Cl. The van der Waals surface area contributed by atoms with Crippen LogP contribution in [0.15, 0.2) is 40.4 Å². The molecule has 0 aliphatic heterocycles. The molecule has 2 aromatic rings. The Balaban J connectivity index is 2.12. The van der Waals surface area contributed by atoms with E-state index >= 15 is 0 Å². The highest BCUT2D eigenvalue weighted by Crippen LogP contribution is 2.34. The summed E-state index contributed by atoms with van der Waals surface area (Å²) < 4.78 is 7.09. The number of hydrazone groups is 1. The average molecular weight is 424 g/mol. The summed E-state index contributed by atoms with van der Waals surface area (Å²) in [4.78, 5) is 24.6. The van der Waals surface area contributed by atoms with Gasteiger partial charge in [-0.25, -0.2) is 5.43 Å². The molecule has 0 saturated heterocycles. The molecule has 6 nitrogen and oxygen atoms in total. The fraction of sp³-hybridized carbons (Fsp3) is 0.350. The van der Waals surface area contributed by atoms with E-state index in [1.165, 1.54) is 16.8 Å². The highest BCUT2D eigenvalue weighted by molar-refractivity contribution is 6.37. The molecule has 0 spiro atoms. The Morgan fingerprint density at radius 2 is 1.89 bits per heavy atom. The van der Waals surface area contributed by atoms with E-state index in [1.807, 2.05) is 27.7 Å². The third-order valence-electron chi connectivity index (χ3n) is 3.74. The van der Waals surface area contributed by atoms with Gasteiger partial charge in [-0.15, -0.1) is 0 Å². The summed E-state index contributed by atoms with van der Waals surface area (Å²) in [6.45, 7) is 8.27. The summed E-state index contributed by atoms with van der Waals surface area (Å²) in [5.74, 6) is 0.156. The Morgan fingerprint density at radius 3 is 2.46 bits per heavy atom. The van der Waals surface area contributed by atoms with Gasteiger partial charge in [0.05, 0.1) is 22.9 Å². The number of nitrogens with zero attached hydrogens (tertiary/aromatic N) is 2. The number of benzene rings is 1. The standard InChI is InChI=1S/C20H23Cl2N3O3/c1-12(2)11-28-18-16(21)8-14(9-17(18)22)10-23-24-19(26)15-6-5-7-25(13(3)4)20(15)27/h5-10,12-13H,11H2,1-4H3,(H,24,26)/b23-10-. The molecule has 0 atom stereocenters. The van der Waals surface area contributed by atoms with E-state index in [2.05, 4.69) is 10.5 Å². The van der Waals surface area contributed by atoms with Gasteiger partial charge in [0.2, 0.25) is 0 Å². The van der Waals surface area contributed by atoms with Gasteiger partial charge < -0.3 is 9.30 Å². The van der Waals surface area contributed by atoms with Crippen molar-refractivity contribution in [3.05, 3.63) is 62.0 Å². The number of carbonyl (C=O) groups is 1. The van der Waals surface area contributed by atoms with Crippen molar-refractivity contribution < 1.29 is 9.53 Å². The summed E-state index contributed by atoms with van der Waals surface area (Å²) in [6, 6.07) is 6.32. The molecular weight excluding hydrogens is 401 g/mol. The van der Waals surface area contributed by atoms with Crippen LogP contribution in [-0.4, -0.2) is 23.3 Å². The number of pyridine rings is 1. The molecule has 0 aliphatic rings. The van der Waals surface area contributed by atoms with Gasteiger partial charge in [0.15, 0.2) is 5.75 Å². The Morgan fingerprint density at radius 1 is 1.25 bits per heavy atom. The average Bonchev–Trinajstić information content (AvgIpc) is 2.60. The summed E-state index contributed by atoms with van der Waals surface area (Å²) in [6.07, 6.45) is 3.03. The van der Waals surface area contributed by atoms with Crippen molar-refractivity contribution in [1.82, 2.24) is 9.99 Å². The number of carbonyl (C=O) groups excluding carboxylic acids is 1. The first kappa shape index (κ1) is 22.0. The normalized spacial score (nSPS) is 11.4. The van der Waals surface area contributed by atoms with Gasteiger partial charge in [0.1, 0.15) is 5.56 Å². The second kappa shape index (κ2) is 9.75. The summed E-state index contributed by atoms with van der Waals surface area (Å²) in [7, 11) is 0. The first-order valence-corrected chi connectivity index (χ1v) is 9.62. The number of halogens is 2. The molecule has 0 saturated carbocycles. The fourth-order valence-corrected chi connectivity index (χ4v) is 2.97. The third-order valence-corrected chi connectivity index (χ3v) is 4.30. The van der Waals surface area contributed by atoms with Crippen LogP contribution in [0.3, 0.4) is 0 Å². The largest absolute Gasteiger partial charge is 0.490 e. The fourth-order valence-electron chi connectivity index (χ4n) is 2.36. The molecule has 1 amide bonds. The lowest BCUT2D eigenvalue weighted by molar-refractivity contribution is 0.0953. The predicted octanol–water partition coefficient (Wildman–Crippen LogP) is 4.53. The Labute approximate surface area is 174 Å². The molecule has 0 unspecified atom stereocenters. The first-order chi connectivity index (χ1) is 13.2. The highest BCUT2D eigenvalue weighted by Gasteiger charge is 2.13. The molecule has 1 heterocycles. The number of ether oxygens (including phenoxy) is 1. The third kappa shape index (κ3) is 5.59. The minimum absolute atomic E-state index is 0.0156. The van der Waals surface area contributed by atoms with Crippen molar-refractivity contribution in [3.8, 4) is 5.75 Å². The number of hydrogen-bond acceptors (Lipinski definition) is 4. The van der Waals surface area contributed by atoms with Gasteiger partial charge >= 0.3 is 0 Å². The van der Waals surface area contributed by atoms with E-state index in [-0.39, 0.29) is 17.2 Å². The Hall–Kier alpha value is -2.31. The molecular formula is C20H23Cl2N3O3. The molecule has 150 valence electrons. The maximum Gasteiger partial charge on any atom is 0.276 e. The quantitative estimate of drug-likeness (QED) is 0.524. The lowest BCUT2D eigenvalue weighted by Crippen LogP contribution is -2.31. The second-order valence-electron chi connectivity index (χ2n) is 6.95. The number of nitrogens with one attached hydrogen (secondary N) is 1. The van der Waals surface area contributed by atoms with E-state index < -0.39 is 5.91 Å². The molecule has 0 radical (unpaired) electrons. The number of amides is 1. The number of hydrogen-bond donors (Lipinski definition) is 1. The maximum absolute atomic E-state index is 12.3. The first-order valence-electron chi connectivity index (χ1n) is 8.87. The van der Waals surface area contributed by atoms with Crippen molar-refractivity contribution in [2.75, 3.05) is 6.61 Å². The van der Waals surface area contributed by atoms with E-state index in [4.69, 9.17) is 27.9 Å². The van der Waals surface area contributed by atoms with Crippen molar-refractivity contribution in [1.29, 1.82) is 0 Å². The van der Waals surface area contributed by atoms with Crippen molar-refractivity contribution in [3.63, 3.8) is 0 Å². The van der Waals surface area contributed by atoms with E-state index in [1.54, 1.807) is 24.4 Å². The lowest BCUT2D eigenvalue weighted by Gasteiger charge is -2.12. The molecule has 0 aliphatic carbocycles. The minimum atomic E-state index is -0.592. The van der Waals surface area contributed by atoms with Crippen molar-refractivity contribution in [2.45, 2.75) is 33.7 Å². The van der Waals surface area contributed by atoms with Crippen LogP contribution in [0.1, 0.15) is 49.7 Å². The summed E-state index contributed by atoms with van der Waals surface area (Å²) in [5.41, 5.74) is 2.57. The Bertz CT molecular complexity index is 914. The highest BCUT2D eigenvalue weighted by atomic mass is 35.5. The topological polar surface area (TPSA) is 72.7 Å². The number of rotatable bonds is 7. The van der Waals surface area contributed by atoms with E-state index in [0.29, 0.717) is 33.9 Å². The molecule has 1 N–H and O–H groups in total. The van der Waals surface area contributed by atoms with Crippen molar-refractivity contribution in [2.24, 2.45) is 11.0 Å². The van der Waals surface area contributed by atoms with Crippen LogP contribution >= 0.6 is 23.2 Å². The van der Waals surface area contributed by atoms with Gasteiger partial charge in [-0.05, 0) is 49.6 Å². The van der Waals surface area contributed by atoms with Crippen LogP contribution in [0.2, 0.25) is 10.0 Å². The lowest BCUT2D eigenvalue weighted by atomic mass is 10.2. The molecule has 1 aromatic carbocycles. The predicted molar refractivity (Wildman–Crippen MR) is 113 cm³/mol. The molecule has 1 aromatic heterocycles. The summed E-state index contributed by atoms with van der Waals surface area (Å²) >= 11 is 12.4. The monoisotopic (exact) mass is 423 g/mol. The van der Waals surface area contributed by atoms with Crippen LogP contribution in [0, 0.1) is 5.92 Å². The van der Waals surface area contributed by atoms with Crippen molar-refractivity contribution >= 4 is 35.3 Å². The van der Waals surface area contributed by atoms with Gasteiger partial charge in [-0.2, -0.15) is 5.10 Å². The van der Waals surface area contributed by atoms with Gasteiger partial charge in [-0.3, -0.25) is 9.59 Å².